The van der Waals surface area contributed by atoms with Crippen LogP contribution in [-0.2, 0) is 37.9 Å². The van der Waals surface area contributed by atoms with Gasteiger partial charge in [0.25, 0.3) is 5.91 Å². The van der Waals surface area contributed by atoms with Crippen molar-refractivity contribution >= 4 is 44.1 Å². The van der Waals surface area contributed by atoms with Gasteiger partial charge in [-0.1, -0.05) is 42.8 Å². The first-order chi connectivity index (χ1) is 18.0. The van der Waals surface area contributed by atoms with Crippen molar-refractivity contribution in [1.29, 1.82) is 0 Å². The van der Waals surface area contributed by atoms with Gasteiger partial charge in [-0.25, -0.2) is 13.1 Å². The van der Waals surface area contributed by atoms with Crippen LogP contribution in [0, 0.1) is 6.92 Å². The summed E-state index contributed by atoms with van der Waals surface area (Å²) in [7, 11) is -5.24. The number of hydrogen-bond acceptors (Lipinski definition) is 6. The van der Waals surface area contributed by atoms with Gasteiger partial charge in [0.1, 0.15) is 5.75 Å². The highest BCUT2D eigenvalue weighted by molar-refractivity contribution is 7.89. The van der Waals surface area contributed by atoms with Crippen LogP contribution < -0.4 is 10.0 Å². The van der Waals surface area contributed by atoms with Crippen molar-refractivity contribution in [2.45, 2.75) is 43.5 Å². The maximum absolute atomic E-state index is 12.7. The molecule has 0 aliphatic carbocycles. The van der Waals surface area contributed by atoms with E-state index < -0.39 is 32.8 Å². The highest BCUT2D eigenvalue weighted by atomic mass is 35.5. The number of Topliss-reactive ketones (excluding diaryl/α,β-unsaturated/α-hetero) is 1. The number of hydrogen-bond donors (Lipinski definition) is 3. The standard InChI is InChI=1S/C27H29ClN2O6S2/c1-3-24(26(32)17-37(34)16-20-5-4-6-22(28)14-20)30-27(33)21-9-7-19(8-10-21)15-29-38(35,36)23-11-12-25(31)18(2)13-23/h4-14,24,29,31H,3,15-17H2,1-2H3,(H,30,33). The highest BCUT2D eigenvalue weighted by Crippen LogP contribution is 2.20. The van der Waals surface area contributed by atoms with Gasteiger partial charge in [-0.2, -0.15) is 0 Å². The lowest BCUT2D eigenvalue weighted by molar-refractivity contribution is -0.118. The van der Waals surface area contributed by atoms with Gasteiger partial charge in [-0.15, -0.1) is 0 Å². The van der Waals surface area contributed by atoms with Crippen molar-refractivity contribution in [3.8, 4) is 5.75 Å². The molecule has 0 aliphatic heterocycles. The number of amides is 1. The number of carbonyl (C=O) groups is 2. The summed E-state index contributed by atoms with van der Waals surface area (Å²) in [6.45, 7) is 3.36. The van der Waals surface area contributed by atoms with Crippen molar-refractivity contribution in [1.82, 2.24) is 10.0 Å². The van der Waals surface area contributed by atoms with Crippen LogP contribution in [0.1, 0.15) is 40.4 Å². The number of ketones is 1. The summed E-state index contributed by atoms with van der Waals surface area (Å²) in [4.78, 5) is 25.4. The zero-order chi connectivity index (χ0) is 27.9. The molecular formula is C27H29ClN2O6S2. The molecule has 38 heavy (non-hydrogen) atoms. The van der Waals surface area contributed by atoms with E-state index in [2.05, 4.69) is 10.0 Å². The Bertz CT molecular complexity index is 1440. The Morgan fingerprint density at radius 3 is 2.37 bits per heavy atom. The Kier molecular flexibility index (Phi) is 10.2. The molecule has 0 aliphatic rings. The minimum Gasteiger partial charge on any atom is -0.508 e. The normalized spacial score (nSPS) is 13.0. The Morgan fingerprint density at radius 1 is 1.03 bits per heavy atom. The minimum atomic E-state index is -3.79. The molecule has 8 nitrogen and oxygen atoms in total. The number of rotatable bonds is 12. The van der Waals surface area contributed by atoms with E-state index in [0.29, 0.717) is 28.1 Å². The highest BCUT2D eigenvalue weighted by Gasteiger charge is 2.22. The predicted octanol–water partition coefficient (Wildman–Crippen LogP) is 3.86. The molecule has 3 aromatic carbocycles. The van der Waals surface area contributed by atoms with Crippen molar-refractivity contribution in [3.63, 3.8) is 0 Å². The average molecular weight is 577 g/mol. The van der Waals surface area contributed by atoms with Crippen LogP contribution in [0.15, 0.2) is 71.6 Å². The van der Waals surface area contributed by atoms with Crippen molar-refractivity contribution in [3.05, 3.63) is 94.0 Å². The van der Waals surface area contributed by atoms with Gasteiger partial charge >= 0.3 is 0 Å². The molecule has 2 atom stereocenters. The summed E-state index contributed by atoms with van der Waals surface area (Å²) in [5, 5.41) is 12.8. The van der Waals surface area contributed by atoms with E-state index in [4.69, 9.17) is 11.6 Å². The average Bonchev–Trinajstić information content (AvgIpc) is 2.87. The smallest absolute Gasteiger partial charge is 0.251 e. The zero-order valence-electron chi connectivity index (χ0n) is 20.9. The number of carbonyl (C=O) groups excluding carboxylic acids is 2. The lowest BCUT2D eigenvalue weighted by Crippen LogP contribution is -2.42. The molecule has 3 rings (SSSR count). The van der Waals surface area contributed by atoms with Crippen LogP contribution in [0.3, 0.4) is 0 Å². The van der Waals surface area contributed by atoms with Gasteiger partial charge in [0.15, 0.2) is 5.78 Å². The maximum Gasteiger partial charge on any atom is 0.251 e. The van der Waals surface area contributed by atoms with Crippen LogP contribution in [0.5, 0.6) is 5.75 Å². The van der Waals surface area contributed by atoms with E-state index in [0.717, 1.165) is 5.56 Å². The van der Waals surface area contributed by atoms with E-state index in [-0.39, 0.29) is 34.5 Å². The van der Waals surface area contributed by atoms with Crippen molar-refractivity contribution in [2.75, 3.05) is 5.75 Å². The first-order valence-electron chi connectivity index (χ1n) is 11.8. The Morgan fingerprint density at radius 2 is 1.74 bits per heavy atom. The number of benzene rings is 3. The van der Waals surface area contributed by atoms with Gasteiger partial charge in [0.2, 0.25) is 10.0 Å². The molecule has 3 aromatic rings. The van der Waals surface area contributed by atoms with Gasteiger partial charge in [-0.3, -0.25) is 13.8 Å². The van der Waals surface area contributed by atoms with Crippen molar-refractivity contribution in [2.24, 2.45) is 0 Å². The Balaban J connectivity index is 1.55. The number of nitrogens with one attached hydrogen (secondary N) is 2. The largest absolute Gasteiger partial charge is 0.508 e. The quantitative estimate of drug-likeness (QED) is 0.300. The molecule has 202 valence electrons. The SMILES string of the molecule is CCC(NC(=O)c1ccc(CNS(=O)(=O)c2ccc(O)c(C)c2)cc1)C(=O)CS(=O)Cc1cccc(Cl)c1. The molecule has 0 saturated carbocycles. The van der Waals surface area contributed by atoms with E-state index in [1.807, 2.05) is 0 Å². The summed E-state index contributed by atoms with van der Waals surface area (Å²) in [5.74, 6) is -0.774. The Labute approximate surface area is 229 Å². The van der Waals surface area contributed by atoms with Crippen LogP contribution in [0.2, 0.25) is 5.02 Å². The topological polar surface area (TPSA) is 130 Å². The van der Waals surface area contributed by atoms with Crippen molar-refractivity contribution < 1.29 is 27.3 Å². The molecule has 3 N–H and O–H groups in total. The van der Waals surface area contributed by atoms with E-state index >= 15 is 0 Å². The van der Waals surface area contributed by atoms with Gasteiger partial charge in [0.05, 0.1) is 16.7 Å². The second-order valence-electron chi connectivity index (χ2n) is 8.73. The minimum absolute atomic E-state index is 0.00132. The maximum atomic E-state index is 12.7. The van der Waals surface area contributed by atoms with E-state index in [1.165, 1.54) is 30.3 Å². The van der Waals surface area contributed by atoms with E-state index in [1.54, 1.807) is 50.2 Å². The molecular weight excluding hydrogens is 548 g/mol. The third-order valence-corrected chi connectivity index (χ3v) is 8.68. The number of sulfonamides is 1. The van der Waals surface area contributed by atoms with Crippen LogP contribution >= 0.6 is 11.6 Å². The summed E-state index contributed by atoms with van der Waals surface area (Å²) in [6.07, 6.45) is 0.343. The lowest BCUT2D eigenvalue weighted by Gasteiger charge is -2.16. The summed E-state index contributed by atoms with van der Waals surface area (Å²) >= 11 is 5.95. The molecule has 0 fully saturated rings. The first-order valence-corrected chi connectivity index (χ1v) is 15.1. The Hall–Kier alpha value is -3.05. The zero-order valence-corrected chi connectivity index (χ0v) is 23.3. The molecule has 0 spiro atoms. The second-order valence-corrected chi connectivity index (χ2v) is 12.4. The third kappa shape index (κ3) is 8.22. The van der Waals surface area contributed by atoms with Gasteiger partial charge < -0.3 is 10.4 Å². The fraction of sp³-hybridized carbons (Fsp3) is 0.259. The molecule has 0 radical (unpaired) electrons. The fourth-order valence-corrected chi connectivity index (χ4v) is 6.09. The van der Waals surface area contributed by atoms with Gasteiger partial charge in [0, 0.05) is 33.7 Å². The number of phenols is 1. The van der Waals surface area contributed by atoms with E-state index in [9.17, 15) is 27.3 Å². The summed E-state index contributed by atoms with van der Waals surface area (Å²) in [5.41, 5.74) is 2.14. The lowest BCUT2D eigenvalue weighted by atomic mass is 10.1. The molecule has 0 bridgehead atoms. The molecule has 0 aromatic heterocycles. The van der Waals surface area contributed by atoms with Gasteiger partial charge in [-0.05, 0) is 72.5 Å². The number of aromatic hydroxyl groups is 1. The second kappa shape index (κ2) is 13.1. The van der Waals surface area contributed by atoms with Crippen LogP contribution in [0.4, 0.5) is 0 Å². The number of halogens is 1. The molecule has 1 amide bonds. The molecule has 2 unspecified atom stereocenters. The number of phenolic OH excluding ortho intramolecular Hbond substituents is 1. The fourth-order valence-electron chi connectivity index (χ4n) is 3.61. The monoisotopic (exact) mass is 576 g/mol. The summed E-state index contributed by atoms with van der Waals surface area (Å²) < 4.78 is 40.0. The molecule has 11 heteroatoms. The first kappa shape index (κ1) is 29.5. The number of aryl methyl sites for hydroxylation is 1. The predicted molar refractivity (Wildman–Crippen MR) is 148 cm³/mol. The molecule has 0 heterocycles. The summed E-state index contributed by atoms with van der Waals surface area (Å²) in [6, 6.07) is 16.5. The van der Waals surface area contributed by atoms with Crippen LogP contribution in [-0.4, -0.2) is 41.2 Å². The van der Waals surface area contributed by atoms with Crippen LogP contribution in [0.25, 0.3) is 0 Å². The third-order valence-electron chi connectivity index (χ3n) is 5.78. The molecule has 0 saturated heterocycles.